The molecule has 0 radical (unpaired) electrons. The molecule has 142 valence electrons. The number of aromatic nitrogens is 2. The van der Waals surface area contributed by atoms with E-state index in [2.05, 4.69) is 15.3 Å². The number of halogens is 2. The summed E-state index contributed by atoms with van der Waals surface area (Å²) in [5.74, 6) is -1.09. The Morgan fingerprint density at radius 3 is 2.75 bits per heavy atom. The fourth-order valence-corrected chi connectivity index (χ4v) is 2.84. The van der Waals surface area contributed by atoms with Crippen molar-refractivity contribution >= 4 is 57.9 Å². The van der Waals surface area contributed by atoms with Gasteiger partial charge in [-0.1, -0.05) is 47.5 Å². The number of nitrogens with one attached hydrogen (secondary N) is 1. The molecule has 6 nitrogen and oxygen atoms in total. The number of benzene rings is 1. The summed E-state index contributed by atoms with van der Waals surface area (Å²) < 4.78 is 5.13. The van der Waals surface area contributed by atoms with E-state index in [1.54, 1.807) is 12.3 Å². The predicted octanol–water partition coefficient (Wildman–Crippen LogP) is 4.52. The fraction of sp³-hybridized carbons (Fsp3) is 0.100. The third kappa shape index (κ3) is 4.85. The van der Waals surface area contributed by atoms with Crippen molar-refractivity contribution in [3.8, 4) is 0 Å². The molecule has 1 amide bonds. The number of pyridine rings is 2. The van der Waals surface area contributed by atoms with E-state index in [0.29, 0.717) is 5.02 Å². The average molecular weight is 416 g/mol. The zero-order valence-electron chi connectivity index (χ0n) is 14.7. The summed E-state index contributed by atoms with van der Waals surface area (Å²) in [6, 6.07) is 10.9. The van der Waals surface area contributed by atoms with E-state index in [1.165, 1.54) is 25.3 Å². The lowest BCUT2D eigenvalue weighted by molar-refractivity contribution is -0.148. The van der Waals surface area contributed by atoms with Crippen LogP contribution in [-0.2, 0) is 14.3 Å². The van der Waals surface area contributed by atoms with Gasteiger partial charge in [0.25, 0.3) is 5.91 Å². The van der Waals surface area contributed by atoms with Gasteiger partial charge in [0.1, 0.15) is 0 Å². The lowest BCUT2D eigenvalue weighted by Gasteiger charge is -2.12. The molecule has 0 aliphatic heterocycles. The van der Waals surface area contributed by atoms with Crippen molar-refractivity contribution < 1.29 is 14.3 Å². The number of hydrogen-bond donors (Lipinski definition) is 1. The molecular weight excluding hydrogens is 401 g/mol. The molecule has 1 atom stereocenters. The molecule has 1 N–H and O–H groups in total. The van der Waals surface area contributed by atoms with Gasteiger partial charge in [-0.05, 0) is 25.1 Å². The number of fused-ring (bicyclic) bond motifs is 1. The van der Waals surface area contributed by atoms with Crippen LogP contribution in [0.25, 0.3) is 17.0 Å². The number of amides is 1. The summed E-state index contributed by atoms with van der Waals surface area (Å²) in [4.78, 5) is 32.5. The molecule has 0 saturated heterocycles. The van der Waals surface area contributed by atoms with Crippen LogP contribution in [0.1, 0.15) is 12.5 Å². The molecule has 0 aliphatic carbocycles. The molecular formula is C20H15Cl2N3O3. The van der Waals surface area contributed by atoms with Gasteiger partial charge in [-0.2, -0.15) is 0 Å². The molecule has 0 unspecified atom stereocenters. The highest BCUT2D eigenvalue weighted by atomic mass is 35.5. The van der Waals surface area contributed by atoms with Crippen molar-refractivity contribution in [2.24, 2.45) is 0 Å². The molecule has 0 aliphatic rings. The minimum atomic E-state index is -1.05. The summed E-state index contributed by atoms with van der Waals surface area (Å²) in [6.45, 7) is 1.45. The lowest BCUT2D eigenvalue weighted by Crippen LogP contribution is -2.29. The number of anilines is 1. The van der Waals surface area contributed by atoms with Gasteiger partial charge in [0.2, 0.25) is 0 Å². The molecule has 2 heterocycles. The predicted molar refractivity (Wildman–Crippen MR) is 109 cm³/mol. The van der Waals surface area contributed by atoms with Crippen LogP contribution in [0.2, 0.25) is 10.0 Å². The zero-order chi connectivity index (χ0) is 20.1. The van der Waals surface area contributed by atoms with Crippen LogP contribution in [0.3, 0.4) is 0 Å². The first-order chi connectivity index (χ1) is 13.4. The highest BCUT2D eigenvalue weighted by Gasteiger charge is 2.18. The van der Waals surface area contributed by atoms with Gasteiger partial charge >= 0.3 is 5.97 Å². The van der Waals surface area contributed by atoms with Crippen LogP contribution in [-0.4, -0.2) is 27.9 Å². The minimum Gasteiger partial charge on any atom is -0.449 e. The standard InChI is InChI=1S/C20H15Cl2N3O3/c1-12(20(27)25-19-16(22)10-15(21)11-24-19)28-17(26)8-7-14-5-2-4-13-6-3-9-23-18(13)14/h2-12H,1H3,(H,24,25,27)/b8-7-/t12-/m0/s1. The van der Waals surface area contributed by atoms with Crippen molar-refractivity contribution in [1.29, 1.82) is 0 Å². The molecule has 3 rings (SSSR count). The van der Waals surface area contributed by atoms with Gasteiger partial charge in [0.15, 0.2) is 11.9 Å². The molecule has 8 heteroatoms. The Bertz CT molecular complexity index is 1060. The Balaban J connectivity index is 1.63. The van der Waals surface area contributed by atoms with Crippen LogP contribution in [0.4, 0.5) is 5.82 Å². The summed E-state index contributed by atoms with van der Waals surface area (Å²) in [6.07, 6.45) is 4.83. The van der Waals surface area contributed by atoms with Gasteiger partial charge < -0.3 is 10.1 Å². The molecule has 1 aromatic carbocycles. The third-order valence-corrected chi connectivity index (χ3v) is 4.27. The van der Waals surface area contributed by atoms with Crippen LogP contribution >= 0.6 is 23.2 Å². The van der Waals surface area contributed by atoms with E-state index in [9.17, 15) is 9.59 Å². The van der Waals surface area contributed by atoms with Crippen LogP contribution < -0.4 is 5.32 Å². The maximum Gasteiger partial charge on any atom is 0.331 e. The van der Waals surface area contributed by atoms with Crippen molar-refractivity contribution in [2.75, 3.05) is 5.32 Å². The van der Waals surface area contributed by atoms with Crippen LogP contribution in [0.5, 0.6) is 0 Å². The maximum atomic E-state index is 12.2. The third-order valence-electron chi connectivity index (χ3n) is 3.77. The van der Waals surface area contributed by atoms with Crippen molar-refractivity contribution in [1.82, 2.24) is 9.97 Å². The number of ether oxygens (including phenoxy) is 1. The van der Waals surface area contributed by atoms with E-state index in [-0.39, 0.29) is 10.8 Å². The highest BCUT2D eigenvalue weighted by Crippen LogP contribution is 2.22. The van der Waals surface area contributed by atoms with E-state index < -0.39 is 18.0 Å². The first-order valence-corrected chi connectivity index (χ1v) is 9.04. The first kappa shape index (κ1) is 19.8. The van der Waals surface area contributed by atoms with E-state index in [1.807, 2.05) is 30.3 Å². The van der Waals surface area contributed by atoms with Crippen molar-refractivity contribution in [2.45, 2.75) is 13.0 Å². The molecule has 0 fully saturated rings. The smallest absolute Gasteiger partial charge is 0.331 e. The number of hydrogen-bond acceptors (Lipinski definition) is 5. The van der Waals surface area contributed by atoms with Gasteiger partial charge in [0.05, 0.1) is 15.6 Å². The Kier molecular flexibility index (Phi) is 6.23. The summed E-state index contributed by atoms with van der Waals surface area (Å²) >= 11 is 11.7. The Labute approximate surface area is 171 Å². The van der Waals surface area contributed by atoms with Crippen molar-refractivity contribution in [3.05, 3.63) is 70.5 Å². The second-order valence-corrected chi connectivity index (χ2v) is 6.65. The minimum absolute atomic E-state index is 0.135. The van der Waals surface area contributed by atoms with E-state index >= 15 is 0 Å². The normalized spacial score (nSPS) is 12.1. The number of rotatable bonds is 5. The molecule has 0 bridgehead atoms. The largest absolute Gasteiger partial charge is 0.449 e. The van der Waals surface area contributed by atoms with Crippen LogP contribution in [0.15, 0.2) is 54.9 Å². The topological polar surface area (TPSA) is 81.2 Å². The quantitative estimate of drug-likeness (QED) is 0.489. The summed E-state index contributed by atoms with van der Waals surface area (Å²) in [7, 11) is 0. The number of esters is 1. The second-order valence-electron chi connectivity index (χ2n) is 5.81. The fourth-order valence-electron chi connectivity index (χ4n) is 2.41. The molecule has 0 spiro atoms. The summed E-state index contributed by atoms with van der Waals surface area (Å²) in [5.41, 5.74) is 1.53. The number of carbonyl (C=O) groups is 2. The number of para-hydroxylation sites is 1. The van der Waals surface area contributed by atoms with Crippen molar-refractivity contribution in [3.63, 3.8) is 0 Å². The molecule has 28 heavy (non-hydrogen) atoms. The Hall–Kier alpha value is -2.96. The molecule has 2 aromatic heterocycles. The zero-order valence-corrected chi connectivity index (χ0v) is 16.2. The lowest BCUT2D eigenvalue weighted by atomic mass is 10.1. The van der Waals surface area contributed by atoms with Gasteiger partial charge in [0, 0.05) is 29.4 Å². The molecule has 3 aromatic rings. The van der Waals surface area contributed by atoms with Gasteiger partial charge in [-0.25, -0.2) is 9.78 Å². The Morgan fingerprint density at radius 2 is 1.96 bits per heavy atom. The summed E-state index contributed by atoms with van der Waals surface area (Å²) in [5, 5.41) is 3.97. The van der Waals surface area contributed by atoms with E-state index in [4.69, 9.17) is 27.9 Å². The van der Waals surface area contributed by atoms with E-state index in [0.717, 1.165) is 16.5 Å². The first-order valence-electron chi connectivity index (χ1n) is 8.28. The number of carbonyl (C=O) groups excluding carboxylic acids is 2. The Morgan fingerprint density at radius 1 is 1.18 bits per heavy atom. The van der Waals surface area contributed by atoms with Gasteiger partial charge in [-0.15, -0.1) is 0 Å². The highest BCUT2D eigenvalue weighted by molar-refractivity contribution is 6.36. The number of nitrogens with zero attached hydrogens (tertiary/aromatic N) is 2. The second kappa shape index (κ2) is 8.82. The van der Waals surface area contributed by atoms with Gasteiger partial charge in [-0.3, -0.25) is 9.78 Å². The maximum absolute atomic E-state index is 12.2. The average Bonchev–Trinajstić information content (AvgIpc) is 2.68. The molecule has 0 saturated carbocycles. The van der Waals surface area contributed by atoms with Crippen LogP contribution in [0, 0.1) is 0 Å². The monoisotopic (exact) mass is 415 g/mol. The SMILES string of the molecule is C[C@H](OC(=O)/C=C\c1cccc2cccnc12)C(=O)Nc1ncc(Cl)cc1Cl.